The summed E-state index contributed by atoms with van der Waals surface area (Å²) in [4.78, 5) is 22.1. The van der Waals surface area contributed by atoms with Gasteiger partial charge < -0.3 is 4.90 Å². The Bertz CT molecular complexity index is 750. The first-order chi connectivity index (χ1) is 12.2. The third kappa shape index (κ3) is 3.44. The van der Waals surface area contributed by atoms with Gasteiger partial charge in [-0.2, -0.15) is 5.10 Å². The number of rotatable bonds is 4. The Balaban J connectivity index is 1.52. The molecule has 1 atom stereocenters. The minimum Gasteiger partial charge on any atom is -0.329 e. The Morgan fingerprint density at radius 2 is 2.00 bits per heavy atom. The minimum absolute atomic E-state index is 0.00912. The Morgan fingerprint density at radius 3 is 2.76 bits per heavy atom. The molecule has 2 aliphatic heterocycles. The van der Waals surface area contributed by atoms with Crippen molar-refractivity contribution in [3.63, 3.8) is 0 Å². The van der Waals surface area contributed by atoms with Crippen LogP contribution in [0.25, 0.3) is 0 Å². The quantitative estimate of drug-likeness (QED) is 0.858. The lowest BCUT2D eigenvalue weighted by Gasteiger charge is -2.24. The molecule has 0 saturated carbocycles. The maximum Gasteiger partial charge on any atom is 0.274 e. The number of likely N-dealkylation sites (tertiary alicyclic amines) is 2. The summed E-state index contributed by atoms with van der Waals surface area (Å²) in [5.41, 5.74) is 2.64. The third-order valence-electron chi connectivity index (χ3n) is 5.20. The van der Waals surface area contributed by atoms with Gasteiger partial charge in [0.2, 0.25) is 0 Å². The van der Waals surface area contributed by atoms with Gasteiger partial charge in [0.25, 0.3) is 5.91 Å². The number of pyridine rings is 1. The molecule has 2 aromatic heterocycles. The van der Waals surface area contributed by atoms with Crippen LogP contribution in [-0.2, 0) is 13.6 Å². The highest BCUT2D eigenvalue weighted by Crippen LogP contribution is 2.32. The first-order valence-corrected chi connectivity index (χ1v) is 9.19. The topological polar surface area (TPSA) is 54.3 Å². The van der Waals surface area contributed by atoms with E-state index in [1.165, 1.54) is 25.9 Å². The molecular formula is C19H25N5O. The zero-order chi connectivity index (χ0) is 17.2. The number of hydrogen-bond acceptors (Lipinski definition) is 4. The largest absolute Gasteiger partial charge is 0.329 e. The van der Waals surface area contributed by atoms with E-state index in [0.717, 1.165) is 37.3 Å². The van der Waals surface area contributed by atoms with Crippen LogP contribution in [0.1, 0.15) is 53.6 Å². The summed E-state index contributed by atoms with van der Waals surface area (Å²) in [6.07, 6.45) is 6.37. The molecular weight excluding hydrogens is 314 g/mol. The fraction of sp³-hybridized carbons (Fsp3) is 0.526. The summed E-state index contributed by atoms with van der Waals surface area (Å²) in [6.45, 7) is 4.02. The van der Waals surface area contributed by atoms with Crippen molar-refractivity contribution in [3.05, 3.63) is 47.5 Å². The summed E-state index contributed by atoms with van der Waals surface area (Å²) in [5, 5.41) is 4.27. The molecule has 0 aliphatic carbocycles. The minimum atomic E-state index is 0.00912. The van der Waals surface area contributed by atoms with Crippen molar-refractivity contribution in [1.29, 1.82) is 0 Å². The van der Waals surface area contributed by atoms with Crippen LogP contribution in [0.2, 0.25) is 0 Å². The first-order valence-electron chi connectivity index (χ1n) is 9.19. The second-order valence-electron chi connectivity index (χ2n) is 7.07. The molecule has 4 rings (SSSR count). The number of aromatic nitrogens is 3. The van der Waals surface area contributed by atoms with Crippen LogP contribution in [0, 0.1) is 0 Å². The van der Waals surface area contributed by atoms with Crippen LogP contribution in [0.4, 0.5) is 0 Å². The number of nitrogens with zero attached hydrogens (tertiary/aromatic N) is 5. The van der Waals surface area contributed by atoms with Crippen LogP contribution in [0.5, 0.6) is 0 Å². The summed E-state index contributed by atoms with van der Waals surface area (Å²) >= 11 is 0. The lowest BCUT2D eigenvalue weighted by Crippen LogP contribution is -2.31. The van der Waals surface area contributed by atoms with Crippen molar-refractivity contribution >= 4 is 5.91 Å². The smallest absolute Gasteiger partial charge is 0.274 e. The normalized spacial score (nSPS) is 21.2. The molecule has 0 bridgehead atoms. The van der Waals surface area contributed by atoms with Gasteiger partial charge in [-0.1, -0.05) is 6.07 Å². The number of hydrogen-bond donors (Lipinski definition) is 0. The molecule has 6 heteroatoms. The van der Waals surface area contributed by atoms with Gasteiger partial charge in [0.1, 0.15) is 5.69 Å². The molecule has 2 aromatic rings. The van der Waals surface area contributed by atoms with Crippen molar-refractivity contribution in [1.82, 2.24) is 24.6 Å². The van der Waals surface area contributed by atoms with Crippen molar-refractivity contribution in [3.8, 4) is 0 Å². The van der Waals surface area contributed by atoms with E-state index < -0.39 is 0 Å². The standard InChI is InChI=1S/C19H25N5O/c1-22-13-9-17(21-22)19(25)24-12-5-8-18(24)16-7-4-6-15(20-16)14-23-10-2-3-11-23/h4,6-7,9,13,18H,2-3,5,8,10-12,14H2,1H3. The van der Waals surface area contributed by atoms with Crippen molar-refractivity contribution < 1.29 is 4.79 Å². The van der Waals surface area contributed by atoms with Gasteiger partial charge in [0.15, 0.2) is 0 Å². The Hall–Kier alpha value is -2.21. The van der Waals surface area contributed by atoms with E-state index in [-0.39, 0.29) is 11.9 Å². The van der Waals surface area contributed by atoms with Gasteiger partial charge in [-0.05, 0) is 57.0 Å². The summed E-state index contributed by atoms with van der Waals surface area (Å²) in [5.74, 6) is 0.00912. The maximum absolute atomic E-state index is 12.8. The summed E-state index contributed by atoms with van der Waals surface area (Å²) < 4.78 is 1.67. The Morgan fingerprint density at radius 1 is 1.16 bits per heavy atom. The Labute approximate surface area is 148 Å². The average molecular weight is 339 g/mol. The molecule has 4 heterocycles. The van der Waals surface area contributed by atoms with Gasteiger partial charge in [0.05, 0.1) is 17.4 Å². The van der Waals surface area contributed by atoms with Crippen molar-refractivity contribution in [2.75, 3.05) is 19.6 Å². The second kappa shape index (κ2) is 6.96. The zero-order valence-electron chi connectivity index (χ0n) is 14.8. The van der Waals surface area contributed by atoms with Crippen LogP contribution < -0.4 is 0 Å². The molecule has 25 heavy (non-hydrogen) atoms. The highest BCUT2D eigenvalue weighted by Gasteiger charge is 2.32. The molecule has 1 amide bonds. The Kier molecular flexibility index (Phi) is 4.53. The van der Waals surface area contributed by atoms with E-state index >= 15 is 0 Å². The van der Waals surface area contributed by atoms with E-state index in [1.54, 1.807) is 10.7 Å². The molecule has 132 valence electrons. The first kappa shape index (κ1) is 16.3. The van der Waals surface area contributed by atoms with Crippen LogP contribution >= 0.6 is 0 Å². The molecule has 0 aromatic carbocycles. The van der Waals surface area contributed by atoms with Gasteiger partial charge in [-0.15, -0.1) is 0 Å². The van der Waals surface area contributed by atoms with E-state index in [1.807, 2.05) is 18.1 Å². The predicted molar refractivity (Wildman–Crippen MR) is 95.0 cm³/mol. The summed E-state index contributed by atoms with van der Waals surface area (Å²) in [6, 6.07) is 8.09. The predicted octanol–water partition coefficient (Wildman–Crippen LogP) is 2.39. The lowest BCUT2D eigenvalue weighted by molar-refractivity contribution is 0.0726. The highest BCUT2D eigenvalue weighted by atomic mass is 16.2. The fourth-order valence-electron chi connectivity index (χ4n) is 3.94. The molecule has 6 nitrogen and oxygen atoms in total. The molecule has 2 fully saturated rings. The zero-order valence-corrected chi connectivity index (χ0v) is 14.8. The molecule has 2 aliphatic rings. The lowest BCUT2D eigenvalue weighted by atomic mass is 10.1. The van der Waals surface area contributed by atoms with Gasteiger partial charge in [-0.25, -0.2) is 0 Å². The third-order valence-corrected chi connectivity index (χ3v) is 5.20. The van der Waals surface area contributed by atoms with E-state index in [4.69, 9.17) is 4.98 Å². The van der Waals surface area contributed by atoms with Gasteiger partial charge in [-0.3, -0.25) is 19.4 Å². The molecule has 2 saturated heterocycles. The van der Waals surface area contributed by atoms with Crippen molar-refractivity contribution in [2.24, 2.45) is 7.05 Å². The summed E-state index contributed by atoms with van der Waals surface area (Å²) in [7, 11) is 1.83. The van der Waals surface area contributed by atoms with E-state index in [0.29, 0.717) is 5.69 Å². The number of aryl methyl sites for hydroxylation is 1. The van der Waals surface area contributed by atoms with Crippen molar-refractivity contribution in [2.45, 2.75) is 38.3 Å². The molecule has 0 radical (unpaired) electrons. The molecule has 1 unspecified atom stereocenters. The molecule has 0 spiro atoms. The highest BCUT2D eigenvalue weighted by molar-refractivity contribution is 5.92. The average Bonchev–Trinajstić information content (AvgIpc) is 3.36. The van der Waals surface area contributed by atoms with Crippen LogP contribution in [-0.4, -0.2) is 50.1 Å². The number of carbonyl (C=O) groups excluding carboxylic acids is 1. The monoisotopic (exact) mass is 339 g/mol. The van der Waals surface area contributed by atoms with E-state index in [2.05, 4.69) is 28.2 Å². The SMILES string of the molecule is Cn1ccc(C(=O)N2CCCC2c2cccc(CN3CCCC3)n2)n1. The second-order valence-corrected chi connectivity index (χ2v) is 7.07. The number of amides is 1. The fourth-order valence-corrected chi connectivity index (χ4v) is 3.94. The van der Waals surface area contributed by atoms with Gasteiger partial charge in [0, 0.05) is 26.3 Å². The van der Waals surface area contributed by atoms with Crippen LogP contribution in [0.15, 0.2) is 30.5 Å². The number of carbonyl (C=O) groups is 1. The van der Waals surface area contributed by atoms with Crippen LogP contribution in [0.3, 0.4) is 0 Å². The van der Waals surface area contributed by atoms with E-state index in [9.17, 15) is 4.79 Å². The maximum atomic E-state index is 12.8. The van der Waals surface area contributed by atoms with Gasteiger partial charge >= 0.3 is 0 Å². The molecule has 0 N–H and O–H groups in total.